The van der Waals surface area contributed by atoms with E-state index in [4.69, 9.17) is 23.2 Å². The second-order valence-corrected chi connectivity index (χ2v) is 4.38. The van der Waals surface area contributed by atoms with E-state index in [1.807, 2.05) is 0 Å². The van der Waals surface area contributed by atoms with E-state index in [9.17, 15) is 13.2 Å². The summed E-state index contributed by atoms with van der Waals surface area (Å²) in [6.07, 6.45) is 0. The molecule has 0 heterocycles. The van der Waals surface area contributed by atoms with Crippen LogP contribution >= 0.6 is 23.2 Å². The van der Waals surface area contributed by atoms with Crippen molar-refractivity contribution in [2.24, 2.45) is 0 Å². The van der Waals surface area contributed by atoms with Gasteiger partial charge in [-0.1, -0.05) is 47.5 Å². The van der Waals surface area contributed by atoms with Gasteiger partial charge in [0.1, 0.15) is 0 Å². The van der Waals surface area contributed by atoms with Gasteiger partial charge in [0.25, 0.3) is 0 Å². The van der Waals surface area contributed by atoms with Gasteiger partial charge in [-0.3, -0.25) is 0 Å². The fourth-order valence-corrected chi connectivity index (χ4v) is 2.02. The molecular weight excluding hydrogens is 300 g/mol. The van der Waals surface area contributed by atoms with E-state index in [2.05, 4.69) is 4.74 Å². The first-order valence-electron chi connectivity index (χ1n) is 5.18. The number of hydrogen-bond acceptors (Lipinski definition) is 1. The lowest BCUT2D eigenvalue weighted by Gasteiger charge is -2.11. The van der Waals surface area contributed by atoms with E-state index >= 15 is 0 Å². The Bertz CT molecular complexity index is 602. The van der Waals surface area contributed by atoms with Gasteiger partial charge in [0.05, 0.1) is 10.0 Å². The molecule has 0 unspecified atom stereocenters. The molecule has 2 aromatic rings. The highest BCUT2D eigenvalue weighted by Gasteiger charge is 2.16. The van der Waals surface area contributed by atoms with Crippen LogP contribution in [0.15, 0.2) is 36.4 Å². The second-order valence-electron chi connectivity index (χ2n) is 3.60. The zero-order chi connectivity index (χ0) is 14.0. The Morgan fingerprint density at radius 1 is 0.947 bits per heavy atom. The van der Waals surface area contributed by atoms with Gasteiger partial charge in [-0.25, -0.2) is 4.39 Å². The van der Waals surface area contributed by atoms with Crippen molar-refractivity contribution in [3.63, 3.8) is 0 Å². The molecule has 2 aromatic carbocycles. The second kappa shape index (κ2) is 5.72. The maximum atomic E-state index is 14.1. The quantitative estimate of drug-likeness (QED) is 0.737. The lowest BCUT2D eigenvalue weighted by molar-refractivity contribution is -0.0521. The van der Waals surface area contributed by atoms with Crippen LogP contribution in [-0.4, -0.2) is 6.61 Å². The van der Waals surface area contributed by atoms with Gasteiger partial charge in [-0.2, -0.15) is 8.78 Å². The Kier molecular flexibility index (Phi) is 4.22. The summed E-state index contributed by atoms with van der Waals surface area (Å²) in [5.74, 6) is -1.45. The molecule has 0 N–H and O–H groups in total. The van der Waals surface area contributed by atoms with Gasteiger partial charge < -0.3 is 4.74 Å². The van der Waals surface area contributed by atoms with Gasteiger partial charge in [0.15, 0.2) is 11.6 Å². The smallest absolute Gasteiger partial charge is 0.387 e. The third-order valence-corrected chi connectivity index (χ3v) is 3.24. The zero-order valence-electron chi connectivity index (χ0n) is 9.34. The monoisotopic (exact) mass is 306 g/mol. The van der Waals surface area contributed by atoms with Crippen LogP contribution in [-0.2, 0) is 0 Å². The van der Waals surface area contributed by atoms with Crippen LogP contribution < -0.4 is 4.74 Å². The average molecular weight is 307 g/mol. The Morgan fingerprint density at radius 2 is 1.58 bits per heavy atom. The molecule has 0 spiro atoms. The molecule has 100 valence electrons. The lowest BCUT2D eigenvalue weighted by Crippen LogP contribution is -2.04. The molecule has 2 rings (SSSR count). The van der Waals surface area contributed by atoms with Crippen molar-refractivity contribution in [1.29, 1.82) is 0 Å². The molecule has 0 bridgehead atoms. The van der Waals surface area contributed by atoms with Crippen molar-refractivity contribution in [2.45, 2.75) is 6.61 Å². The largest absolute Gasteiger partial charge is 0.432 e. The van der Waals surface area contributed by atoms with Crippen molar-refractivity contribution in [3.8, 4) is 16.9 Å². The van der Waals surface area contributed by atoms with E-state index in [1.165, 1.54) is 12.1 Å². The number of alkyl halides is 2. The molecule has 0 aliphatic rings. The third-order valence-electron chi connectivity index (χ3n) is 2.42. The van der Waals surface area contributed by atoms with Crippen LogP contribution in [0.1, 0.15) is 0 Å². The molecule has 0 radical (unpaired) electrons. The van der Waals surface area contributed by atoms with Crippen molar-refractivity contribution in [1.82, 2.24) is 0 Å². The highest BCUT2D eigenvalue weighted by Crippen LogP contribution is 2.37. The van der Waals surface area contributed by atoms with Crippen molar-refractivity contribution < 1.29 is 17.9 Å². The summed E-state index contributed by atoms with van der Waals surface area (Å²) >= 11 is 11.8. The molecule has 0 atom stereocenters. The third kappa shape index (κ3) is 2.96. The van der Waals surface area contributed by atoms with E-state index in [1.54, 1.807) is 18.2 Å². The SMILES string of the molecule is Fc1c(OC(F)F)cccc1-c1cccc(Cl)c1Cl. The molecule has 0 aliphatic heterocycles. The van der Waals surface area contributed by atoms with Crippen LogP contribution in [0.4, 0.5) is 13.2 Å². The van der Waals surface area contributed by atoms with Crippen LogP contribution in [0.2, 0.25) is 10.0 Å². The van der Waals surface area contributed by atoms with Gasteiger partial charge in [0.2, 0.25) is 0 Å². The summed E-state index contributed by atoms with van der Waals surface area (Å²) in [5.41, 5.74) is 0.358. The highest BCUT2D eigenvalue weighted by atomic mass is 35.5. The number of hydrogen-bond donors (Lipinski definition) is 0. The lowest BCUT2D eigenvalue weighted by atomic mass is 10.0. The minimum Gasteiger partial charge on any atom is -0.432 e. The van der Waals surface area contributed by atoms with Crippen LogP contribution in [0.3, 0.4) is 0 Å². The molecule has 0 saturated carbocycles. The van der Waals surface area contributed by atoms with Crippen molar-refractivity contribution >= 4 is 23.2 Å². The highest BCUT2D eigenvalue weighted by molar-refractivity contribution is 6.43. The van der Waals surface area contributed by atoms with Gasteiger partial charge >= 0.3 is 6.61 Å². The fraction of sp³-hybridized carbons (Fsp3) is 0.0769. The molecule has 0 saturated heterocycles. The van der Waals surface area contributed by atoms with E-state index in [-0.39, 0.29) is 15.6 Å². The fourth-order valence-electron chi connectivity index (χ4n) is 1.62. The first-order chi connectivity index (χ1) is 9.00. The van der Waals surface area contributed by atoms with Crippen LogP contribution in [0.5, 0.6) is 5.75 Å². The first-order valence-corrected chi connectivity index (χ1v) is 5.94. The molecule has 0 amide bonds. The molecule has 6 heteroatoms. The Morgan fingerprint density at radius 3 is 2.26 bits per heavy atom. The maximum absolute atomic E-state index is 14.1. The minimum absolute atomic E-state index is 0.0469. The predicted molar refractivity (Wildman–Crippen MR) is 68.5 cm³/mol. The first kappa shape index (κ1) is 14.0. The van der Waals surface area contributed by atoms with E-state index in [0.29, 0.717) is 5.56 Å². The molecule has 0 fully saturated rings. The minimum atomic E-state index is -3.10. The van der Waals surface area contributed by atoms with Crippen LogP contribution in [0.25, 0.3) is 11.1 Å². The maximum Gasteiger partial charge on any atom is 0.387 e. The number of ether oxygens (including phenoxy) is 1. The Labute approximate surface area is 117 Å². The predicted octanol–water partition coefficient (Wildman–Crippen LogP) is 5.40. The zero-order valence-corrected chi connectivity index (χ0v) is 10.9. The van der Waals surface area contributed by atoms with Crippen LogP contribution in [0, 0.1) is 5.82 Å². The normalized spacial score (nSPS) is 10.8. The van der Waals surface area contributed by atoms with E-state index < -0.39 is 18.2 Å². The Balaban J connectivity index is 2.54. The standard InChI is InChI=1S/C13H7Cl2F3O/c14-9-5-1-3-7(11(9)15)8-4-2-6-10(12(8)16)19-13(17)18/h1-6,13H. The average Bonchev–Trinajstić information content (AvgIpc) is 2.35. The van der Waals surface area contributed by atoms with Crippen molar-refractivity contribution in [3.05, 3.63) is 52.3 Å². The van der Waals surface area contributed by atoms with E-state index in [0.717, 1.165) is 6.07 Å². The van der Waals surface area contributed by atoms with Gasteiger partial charge in [0, 0.05) is 11.1 Å². The molecule has 19 heavy (non-hydrogen) atoms. The summed E-state index contributed by atoms with van der Waals surface area (Å²) in [7, 11) is 0. The van der Waals surface area contributed by atoms with Gasteiger partial charge in [-0.15, -0.1) is 0 Å². The number of halogens is 5. The topological polar surface area (TPSA) is 9.23 Å². The number of rotatable bonds is 3. The molecular formula is C13H7Cl2F3O. The molecule has 0 aromatic heterocycles. The van der Waals surface area contributed by atoms with Gasteiger partial charge in [-0.05, 0) is 12.1 Å². The summed E-state index contributed by atoms with van der Waals surface area (Å²) < 4.78 is 42.4. The summed E-state index contributed by atoms with van der Waals surface area (Å²) in [6, 6.07) is 8.59. The Hall–Kier alpha value is -1.39. The summed E-state index contributed by atoms with van der Waals surface area (Å²) in [5, 5.41) is 0.399. The van der Waals surface area contributed by atoms with Crippen molar-refractivity contribution in [2.75, 3.05) is 0 Å². The summed E-state index contributed by atoms with van der Waals surface area (Å²) in [4.78, 5) is 0. The molecule has 0 aliphatic carbocycles. The summed E-state index contributed by atoms with van der Waals surface area (Å²) in [6.45, 7) is -3.10. The number of benzene rings is 2. The molecule has 1 nitrogen and oxygen atoms in total.